The van der Waals surface area contributed by atoms with Crippen molar-refractivity contribution in [1.82, 2.24) is 20.0 Å². The molecule has 0 fully saturated rings. The Morgan fingerprint density at radius 1 is 1.12 bits per heavy atom. The van der Waals surface area contributed by atoms with Gasteiger partial charge in [-0.2, -0.15) is 0 Å². The van der Waals surface area contributed by atoms with Gasteiger partial charge in [-0.05, 0) is 48.4 Å². The minimum absolute atomic E-state index is 0.201. The summed E-state index contributed by atoms with van der Waals surface area (Å²) in [7, 11) is 0. The van der Waals surface area contributed by atoms with Crippen molar-refractivity contribution in [2.45, 2.75) is 13.5 Å². The molecule has 0 radical (unpaired) electrons. The molecule has 1 amide bonds. The number of nitrogens with zero attached hydrogens (tertiary/aromatic N) is 4. The second-order valence-electron chi connectivity index (χ2n) is 6.07. The van der Waals surface area contributed by atoms with Crippen molar-refractivity contribution in [1.29, 1.82) is 0 Å². The van der Waals surface area contributed by atoms with E-state index in [-0.39, 0.29) is 5.91 Å². The Hall–Kier alpha value is -3.54. The summed E-state index contributed by atoms with van der Waals surface area (Å²) >= 11 is 0. The lowest BCUT2D eigenvalue weighted by Gasteiger charge is -2.07. The Balaban J connectivity index is 1.59. The summed E-state index contributed by atoms with van der Waals surface area (Å²) in [6, 6.07) is 17.2. The molecule has 0 atom stereocenters. The maximum atomic E-state index is 12.4. The van der Waals surface area contributed by atoms with Crippen molar-refractivity contribution >= 4 is 22.6 Å². The molecule has 0 aliphatic carbocycles. The summed E-state index contributed by atoms with van der Waals surface area (Å²) in [5.41, 5.74) is 5.18. The Morgan fingerprint density at radius 2 is 2.00 bits per heavy atom. The molecule has 0 aliphatic heterocycles. The zero-order valence-electron chi connectivity index (χ0n) is 14.3. The van der Waals surface area contributed by atoms with Gasteiger partial charge in [-0.25, -0.2) is 4.68 Å². The van der Waals surface area contributed by atoms with E-state index in [1.807, 2.05) is 22.9 Å². The number of aromatic nitrogens is 4. The highest BCUT2D eigenvalue weighted by Gasteiger charge is 2.11. The number of aryl methyl sites for hydroxylation is 1. The van der Waals surface area contributed by atoms with Gasteiger partial charge in [0.25, 0.3) is 5.91 Å². The van der Waals surface area contributed by atoms with E-state index in [2.05, 4.69) is 39.7 Å². The number of nitrogens with one attached hydrogen (secondary N) is 1. The molecular formula is C20H17N5O. The predicted octanol–water partition coefficient (Wildman–Crippen LogP) is 3.44. The number of anilines is 1. The van der Waals surface area contributed by atoms with E-state index in [0.29, 0.717) is 23.3 Å². The number of hydrogen-bond acceptors (Lipinski definition) is 4. The van der Waals surface area contributed by atoms with Gasteiger partial charge in [-0.1, -0.05) is 29.5 Å². The summed E-state index contributed by atoms with van der Waals surface area (Å²) in [4.78, 5) is 16.4. The highest BCUT2D eigenvalue weighted by molar-refractivity contribution is 6.05. The smallest absolute Gasteiger partial charge is 0.255 e. The van der Waals surface area contributed by atoms with E-state index >= 15 is 0 Å². The lowest BCUT2D eigenvalue weighted by atomic mass is 10.1. The third-order valence-electron chi connectivity index (χ3n) is 4.28. The number of fused-ring (bicyclic) bond motifs is 1. The van der Waals surface area contributed by atoms with Gasteiger partial charge in [0, 0.05) is 11.8 Å². The van der Waals surface area contributed by atoms with E-state index in [9.17, 15) is 4.79 Å². The molecule has 26 heavy (non-hydrogen) atoms. The summed E-state index contributed by atoms with van der Waals surface area (Å²) in [6.07, 6.45) is 3.27. The van der Waals surface area contributed by atoms with Crippen LogP contribution in [0.3, 0.4) is 0 Å². The number of amides is 1. The van der Waals surface area contributed by atoms with E-state index in [4.69, 9.17) is 0 Å². The average Bonchev–Trinajstić information content (AvgIpc) is 3.06. The van der Waals surface area contributed by atoms with Gasteiger partial charge >= 0.3 is 0 Å². The molecule has 6 heteroatoms. The molecule has 4 rings (SSSR count). The zero-order chi connectivity index (χ0) is 17.9. The van der Waals surface area contributed by atoms with E-state index in [1.54, 1.807) is 36.7 Å². The fourth-order valence-corrected chi connectivity index (χ4v) is 2.82. The Labute approximate surface area is 150 Å². The zero-order valence-corrected chi connectivity index (χ0v) is 14.3. The molecule has 0 saturated heterocycles. The Kier molecular flexibility index (Phi) is 4.15. The van der Waals surface area contributed by atoms with Crippen LogP contribution in [0.25, 0.3) is 11.0 Å². The quantitative estimate of drug-likeness (QED) is 0.616. The minimum atomic E-state index is -0.201. The average molecular weight is 343 g/mol. The largest absolute Gasteiger partial charge is 0.321 e. The maximum absolute atomic E-state index is 12.4. The number of hydrogen-bond donors (Lipinski definition) is 1. The van der Waals surface area contributed by atoms with Crippen molar-refractivity contribution < 1.29 is 4.79 Å². The van der Waals surface area contributed by atoms with Gasteiger partial charge in [-0.3, -0.25) is 9.78 Å². The van der Waals surface area contributed by atoms with Crippen LogP contribution in [0.4, 0.5) is 5.69 Å². The molecule has 128 valence electrons. The Morgan fingerprint density at radius 3 is 2.81 bits per heavy atom. The number of carbonyl (C=O) groups is 1. The lowest BCUT2D eigenvalue weighted by molar-refractivity contribution is 0.102. The first-order chi connectivity index (χ1) is 12.7. The first-order valence-corrected chi connectivity index (χ1v) is 8.30. The fraction of sp³-hybridized carbons (Fsp3) is 0.100. The molecule has 0 saturated carbocycles. The third-order valence-corrected chi connectivity index (χ3v) is 4.28. The second kappa shape index (κ2) is 6.76. The predicted molar refractivity (Wildman–Crippen MR) is 100.0 cm³/mol. The molecule has 2 heterocycles. The highest BCUT2D eigenvalue weighted by Crippen LogP contribution is 2.17. The maximum Gasteiger partial charge on any atom is 0.255 e. The summed E-state index contributed by atoms with van der Waals surface area (Å²) in [6.45, 7) is 2.72. The molecular weight excluding hydrogens is 326 g/mol. The van der Waals surface area contributed by atoms with Crippen molar-refractivity contribution in [2.75, 3.05) is 5.32 Å². The van der Waals surface area contributed by atoms with Crippen LogP contribution in [-0.2, 0) is 6.54 Å². The second-order valence-corrected chi connectivity index (χ2v) is 6.07. The summed E-state index contributed by atoms with van der Waals surface area (Å²) < 4.78 is 1.85. The molecule has 0 spiro atoms. The van der Waals surface area contributed by atoms with Crippen LogP contribution in [0, 0.1) is 6.92 Å². The topological polar surface area (TPSA) is 72.7 Å². The van der Waals surface area contributed by atoms with Crippen molar-refractivity contribution in [3.05, 3.63) is 83.7 Å². The molecule has 0 bridgehead atoms. The van der Waals surface area contributed by atoms with Crippen LogP contribution >= 0.6 is 0 Å². The van der Waals surface area contributed by atoms with Crippen LogP contribution in [0.15, 0.2) is 67.0 Å². The first kappa shape index (κ1) is 16.0. The van der Waals surface area contributed by atoms with Crippen LogP contribution in [0.1, 0.15) is 21.5 Å². The summed E-state index contributed by atoms with van der Waals surface area (Å²) in [5, 5.41) is 11.3. The van der Waals surface area contributed by atoms with Crippen molar-refractivity contribution in [2.24, 2.45) is 0 Å². The monoisotopic (exact) mass is 343 g/mol. The highest BCUT2D eigenvalue weighted by atomic mass is 16.1. The van der Waals surface area contributed by atoms with Gasteiger partial charge in [-0.15, -0.1) is 5.10 Å². The van der Waals surface area contributed by atoms with Crippen molar-refractivity contribution in [3.8, 4) is 0 Å². The van der Waals surface area contributed by atoms with Gasteiger partial charge in [0.05, 0.1) is 23.9 Å². The first-order valence-electron chi connectivity index (χ1n) is 8.30. The van der Waals surface area contributed by atoms with Gasteiger partial charge in [0.1, 0.15) is 5.52 Å². The lowest BCUT2D eigenvalue weighted by Crippen LogP contribution is -2.11. The third kappa shape index (κ3) is 3.17. The van der Waals surface area contributed by atoms with Crippen LogP contribution < -0.4 is 5.32 Å². The van der Waals surface area contributed by atoms with E-state index < -0.39 is 0 Å². The molecule has 4 aromatic rings. The van der Waals surface area contributed by atoms with Crippen molar-refractivity contribution in [3.63, 3.8) is 0 Å². The van der Waals surface area contributed by atoms with Gasteiger partial charge in [0.15, 0.2) is 0 Å². The number of rotatable bonds is 4. The molecule has 2 aromatic carbocycles. The van der Waals surface area contributed by atoms with Gasteiger partial charge < -0.3 is 5.32 Å². The molecule has 0 unspecified atom stereocenters. The SMILES string of the molecule is Cc1ccccc1Cn1nnc2cc(C(=O)Nc3cccnc3)ccc21. The molecule has 2 aromatic heterocycles. The van der Waals surface area contributed by atoms with E-state index in [0.717, 1.165) is 5.52 Å². The summed E-state index contributed by atoms with van der Waals surface area (Å²) in [5.74, 6) is -0.201. The molecule has 1 N–H and O–H groups in total. The number of pyridine rings is 1. The molecule has 0 aliphatic rings. The van der Waals surface area contributed by atoms with Crippen LogP contribution in [0.5, 0.6) is 0 Å². The molecule has 6 nitrogen and oxygen atoms in total. The normalized spacial score (nSPS) is 10.8. The Bertz CT molecular complexity index is 1070. The number of benzene rings is 2. The standard InChI is InChI=1S/C20H17N5O/c1-14-5-2-3-6-16(14)13-25-19-9-8-15(11-18(19)23-24-25)20(26)22-17-7-4-10-21-12-17/h2-12H,13H2,1H3,(H,22,26). The number of carbonyl (C=O) groups excluding carboxylic acids is 1. The van der Waals surface area contributed by atoms with Crippen LogP contribution in [0.2, 0.25) is 0 Å². The van der Waals surface area contributed by atoms with Gasteiger partial charge in [0.2, 0.25) is 0 Å². The van der Waals surface area contributed by atoms with E-state index in [1.165, 1.54) is 11.1 Å². The fourth-order valence-electron chi connectivity index (χ4n) is 2.82. The van der Waals surface area contributed by atoms with Crippen LogP contribution in [-0.4, -0.2) is 25.9 Å². The minimum Gasteiger partial charge on any atom is -0.321 e.